The molecule has 2 N–H and O–H groups in total. The third-order valence-electron chi connectivity index (χ3n) is 7.91. The molecule has 0 spiro atoms. The number of halogens is 3. The molecule has 5 aromatic carbocycles. The molecule has 5 aromatic rings. The van der Waals surface area contributed by atoms with Crippen LogP contribution in [0.1, 0.15) is 32.6 Å². The van der Waals surface area contributed by atoms with Gasteiger partial charge in [-0.3, -0.25) is 4.79 Å². The summed E-state index contributed by atoms with van der Waals surface area (Å²) in [6, 6.07) is 32.2. The maximum atomic E-state index is 14.0. The van der Waals surface area contributed by atoms with Gasteiger partial charge in [0.25, 0.3) is 11.6 Å². The average Bonchev–Trinajstić information content (AvgIpc) is 3.01. The number of hydrogen-bond acceptors (Lipinski definition) is 4. The minimum absolute atomic E-state index is 0.0941. The first-order valence-electron chi connectivity index (χ1n) is 13.8. The van der Waals surface area contributed by atoms with E-state index < -0.39 is 29.3 Å². The summed E-state index contributed by atoms with van der Waals surface area (Å²) in [6.07, 6.45) is -3.88. The Kier molecular flexibility index (Phi) is 7.23. The molecule has 216 valence electrons. The molecule has 1 amide bonds. The highest BCUT2D eigenvalue weighted by Gasteiger charge is 2.52. The fraction of sp³-hybridized carbons (Fsp3) is 0.143. The minimum Gasteiger partial charge on any atom is -0.426 e. The number of ether oxygens (including phenoxy) is 1. The molecule has 0 saturated heterocycles. The van der Waals surface area contributed by atoms with Crippen LogP contribution in [-0.2, 0) is 34.4 Å². The third-order valence-corrected chi connectivity index (χ3v) is 7.91. The molecule has 6 rings (SSSR count). The number of esters is 1. The Hall–Kier alpha value is -4.95. The first-order chi connectivity index (χ1) is 20.7. The van der Waals surface area contributed by atoms with Crippen molar-refractivity contribution >= 4 is 22.6 Å². The summed E-state index contributed by atoms with van der Waals surface area (Å²) >= 11 is 0. The van der Waals surface area contributed by atoms with Crippen molar-refractivity contribution in [1.29, 1.82) is 0 Å². The van der Waals surface area contributed by atoms with Crippen LogP contribution in [0.25, 0.3) is 21.9 Å². The largest absolute Gasteiger partial charge is 0.426 e. The van der Waals surface area contributed by atoms with Gasteiger partial charge in [0.1, 0.15) is 0 Å². The lowest BCUT2D eigenvalue weighted by Crippen LogP contribution is -2.60. The van der Waals surface area contributed by atoms with Crippen LogP contribution < -0.4 is 5.73 Å². The highest BCUT2D eigenvalue weighted by atomic mass is 19.4. The maximum Gasteiger partial charge on any atom is 0.416 e. The lowest BCUT2D eigenvalue weighted by atomic mass is 9.88. The van der Waals surface area contributed by atoms with Gasteiger partial charge in [-0.25, -0.2) is 9.69 Å². The predicted octanol–water partition coefficient (Wildman–Crippen LogP) is 7.08. The molecular weight excluding hydrogens is 553 g/mol. The Morgan fingerprint density at radius 3 is 2.23 bits per heavy atom. The van der Waals surface area contributed by atoms with E-state index in [1.54, 1.807) is 35.2 Å². The normalized spacial score (nSPS) is 16.9. The number of fused-ring (bicyclic) bond motifs is 2. The van der Waals surface area contributed by atoms with Gasteiger partial charge in [-0.15, -0.1) is 0 Å². The van der Waals surface area contributed by atoms with Gasteiger partial charge in [-0.05, 0) is 63.7 Å². The van der Waals surface area contributed by atoms with Gasteiger partial charge in [0.2, 0.25) is 0 Å². The molecular formula is C35H27F3N2O3. The number of nitrogens with zero attached hydrogens (tertiary/aromatic N) is 1. The number of primary amides is 1. The van der Waals surface area contributed by atoms with Crippen molar-refractivity contribution in [3.63, 3.8) is 0 Å². The second-order valence-electron chi connectivity index (χ2n) is 10.5. The van der Waals surface area contributed by atoms with E-state index in [1.165, 1.54) is 18.2 Å². The summed E-state index contributed by atoms with van der Waals surface area (Å²) in [4.78, 5) is 29.3. The fourth-order valence-electron chi connectivity index (χ4n) is 5.80. The zero-order chi connectivity index (χ0) is 30.2. The molecule has 8 heteroatoms. The van der Waals surface area contributed by atoms with Crippen LogP contribution in [0, 0.1) is 0 Å². The van der Waals surface area contributed by atoms with Gasteiger partial charge in [-0.2, -0.15) is 13.2 Å². The minimum atomic E-state index is -4.49. The molecule has 5 nitrogen and oxygen atoms in total. The van der Waals surface area contributed by atoms with Gasteiger partial charge >= 0.3 is 12.1 Å². The van der Waals surface area contributed by atoms with Crippen molar-refractivity contribution in [2.24, 2.45) is 5.73 Å². The SMILES string of the molecule is NC(=O)C1(OC(=O)c2ccccc2-c2ccc(C(F)(F)F)cc2)c2ccccc2CCN1Cc1ccc2ccccc2c1. The van der Waals surface area contributed by atoms with Gasteiger partial charge in [0.05, 0.1) is 11.1 Å². The zero-order valence-corrected chi connectivity index (χ0v) is 23.0. The summed E-state index contributed by atoms with van der Waals surface area (Å²) in [7, 11) is 0. The van der Waals surface area contributed by atoms with Crippen molar-refractivity contribution in [2.45, 2.75) is 24.9 Å². The van der Waals surface area contributed by atoms with E-state index in [0.29, 0.717) is 29.7 Å². The topological polar surface area (TPSA) is 72.6 Å². The number of amides is 1. The first kappa shape index (κ1) is 28.2. The number of benzene rings is 5. The van der Waals surface area contributed by atoms with Gasteiger partial charge in [0, 0.05) is 18.7 Å². The van der Waals surface area contributed by atoms with E-state index >= 15 is 0 Å². The second-order valence-corrected chi connectivity index (χ2v) is 10.5. The van der Waals surface area contributed by atoms with Crippen molar-refractivity contribution in [2.75, 3.05) is 6.54 Å². The Morgan fingerprint density at radius 1 is 0.814 bits per heavy atom. The quantitative estimate of drug-likeness (QED) is 0.218. The van der Waals surface area contributed by atoms with E-state index in [4.69, 9.17) is 10.5 Å². The van der Waals surface area contributed by atoms with E-state index in [9.17, 15) is 22.8 Å². The van der Waals surface area contributed by atoms with Crippen molar-refractivity contribution in [3.05, 3.63) is 143 Å². The number of carbonyl (C=O) groups excluding carboxylic acids is 2. The third kappa shape index (κ3) is 5.26. The van der Waals surface area contributed by atoms with Crippen LogP contribution in [0.3, 0.4) is 0 Å². The van der Waals surface area contributed by atoms with Crippen LogP contribution in [0.4, 0.5) is 13.2 Å². The molecule has 1 aliphatic heterocycles. The molecule has 1 aliphatic rings. The zero-order valence-electron chi connectivity index (χ0n) is 23.0. The van der Waals surface area contributed by atoms with Gasteiger partial charge in [-0.1, -0.05) is 91.0 Å². The summed E-state index contributed by atoms with van der Waals surface area (Å²) in [6.45, 7) is 0.663. The summed E-state index contributed by atoms with van der Waals surface area (Å²) in [5, 5.41) is 2.10. The van der Waals surface area contributed by atoms with Crippen molar-refractivity contribution < 1.29 is 27.5 Å². The maximum absolute atomic E-state index is 14.0. The van der Waals surface area contributed by atoms with Crippen molar-refractivity contribution in [1.82, 2.24) is 4.90 Å². The molecule has 1 atom stereocenters. The van der Waals surface area contributed by atoms with Crippen LogP contribution in [0.15, 0.2) is 115 Å². The number of nitrogens with two attached hydrogens (primary N) is 1. The number of hydrogen-bond donors (Lipinski definition) is 1. The average molecular weight is 581 g/mol. The Morgan fingerprint density at radius 2 is 1.49 bits per heavy atom. The molecule has 0 aliphatic carbocycles. The number of carbonyl (C=O) groups is 2. The van der Waals surface area contributed by atoms with Crippen LogP contribution in [0.5, 0.6) is 0 Å². The molecule has 1 heterocycles. The highest BCUT2D eigenvalue weighted by Crippen LogP contribution is 2.40. The van der Waals surface area contributed by atoms with E-state index in [2.05, 4.69) is 0 Å². The van der Waals surface area contributed by atoms with Gasteiger partial charge in [0.15, 0.2) is 0 Å². The summed E-state index contributed by atoms with van der Waals surface area (Å²) < 4.78 is 45.7. The Labute approximate surface area is 246 Å². The molecule has 43 heavy (non-hydrogen) atoms. The Bertz CT molecular complexity index is 1840. The molecule has 0 aromatic heterocycles. The molecule has 0 saturated carbocycles. The van der Waals surface area contributed by atoms with E-state index in [-0.39, 0.29) is 12.1 Å². The standard InChI is InChI=1S/C35H27F3N2O3/c36-35(37,38)28-17-15-25(16-18-28)29-10-4-5-11-30(29)32(41)43-34(33(39)42)31-12-6-3-8-26(31)19-20-40(34)22-23-13-14-24-7-1-2-9-27(24)21-23/h1-18,21H,19-20,22H2,(H2,39,42). The smallest absolute Gasteiger partial charge is 0.416 e. The van der Waals surface area contributed by atoms with Gasteiger partial charge < -0.3 is 10.5 Å². The number of rotatable bonds is 6. The number of alkyl halides is 3. The fourth-order valence-corrected chi connectivity index (χ4v) is 5.80. The lowest BCUT2D eigenvalue weighted by molar-refractivity contribution is -0.169. The predicted molar refractivity (Wildman–Crippen MR) is 158 cm³/mol. The molecule has 0 bridgehead atoms. The monoisotopic (exact) mass is 580 g/mol. The van der Waals surface area contributed by atoms with Crippen LogP contribution >= 0.6 is 0 Å². The molecule has 0 fully saturated rings. The highest BCUT2D eigenvalue weighted by molar-refractivity contribution is 5.99. The second kappa shape index (κ2) is 11.0. The molecule has 0 radical (unpaired) electrons. The van der Waals surface area contributed by atoms with Crippen LogP contribution in [-0.4, -0.2) is 23.3 Å². The van der Waals surface area contributed by atoms with E-state index in [1.807, 2.05) is 54.6 Å². The molecule has 1 unspecified atom stereocenters. The van der Waals surface area contributed by atoms with Crippen LogP contribution in [0.2, 0.25) is 0 Å². The Balaban J connectivity index is 1.41. The summed E-state index contributed by atoms with van der Waals surface area (Å²) in [5.74, 6) is -1.67. The summed E-state index contributed by atoms with van der Waals surface area (Å²) in [5.41, 5.74) is 6.47. The van der Waals surface area contributed by atoms with Crippen molar-refractivity contribution in [3.8, 4) is 11.1 Å². The lowest BCUT2D eigenvalue weighted by Gasteiger charge is -2.44. The van der Waals surface area contributed by atoms with E-state index in [0.717, 1.165) is 34.0 Å². The first-order valence-corrected chi connectivity index (χ1v) is 13.8.